The van der Waals surface area contributed by atoms with E-state index in [2.05, 4.69) is 12.2 Å². The van der Waals surface area contributed by atoms with Gasteiger partial charge in [0.2, 0.25) is 11.8 Å². The molecular weight excluding hydrogens is 324 g/mol. The van der Waals surface area contributed by atoms with Gasteiger partial charge < -0.3 is 5.73 Å². The molecule has 0 radical (unpaired) electrons. The van der Waals surface area contributed by atoms with E-state index in [0.717, 1.165) is 24.1 Å². The number of hydrogen-bond donors (Lipinski definition) is 1. The Bertz CT molecular complexity index is 884. The number of carbonyl (C=O) groups excluding carboxylic acids is 2. The maximum absolute atomic E-state index is 12.9. The maximum Gasteiger partial charge on any atom is 0.238 e. The number of nitrogens with two attached hydrogens (primary N) is 1. The fraction of sp³-hybridized carbons (Fsp3) is 0.273. The second-order valence-electron chi connectivity index (χ2n) is 7.60. The molecule has 2 aromatic rings. The standard InChI is InChI=1S/C22H20N2O2/c23-17-7-1-13(2-8-17)11-14-3-9-18(10-4-14)24-21(25)19-15-5-6-16(12-15)20(19)22(24)26/h1-10,15-16,19-20H,11-12,23H2/t15-,16+,19-,20+. The molecule has 1 saturated carbocycles. The predicted octanol–water partition coefficient (Wildman–Crippen LogP) is 3.17. The first-order valence-electron chi connectivity index (χ1n) is 9.11. The zero-order chi connectivity index (χ0) is 17.8. The van der Waals surface area contributed by atoms with Gasteiger partial charge in [-0.15, -0.1) is 0 Å². The van der Waals surface area contributed by atoms with Crippen LogP contribution < -0.4 is 10.6 Å². The number of amides is 2. The van der Waals surface area contributed by atoms with E-state index in [1.807, 2.05) is 48.5 Å². The summed E-state index contributed by atoms with van der Waals surface area (Å²) in [6.07, 6.45) is 6.00. The summed E-state index contributed by atoms with van der Waals surface area (Å²) < 4.78 is 0. The van der Waals surface area contributed by atoms with Gasteiger partial charge in [-0.25, -0.2) is 0 Å². The summed E-state index contributed by atoms with van der Waals surface area (Å²) >= 11 is 0. The number of nitrogens with zero attached hydrogens (tertiary/aromatic N) is 1. The third-order valence-electron chi connectivity index (χ3n) is 6.05. The number of benzene rings is 2. The number of rotatable bonds is 3. The van der Waals surface area contributed by atoms with Crippen molar-refractivity contribution in [3.63, 3.8) is 0 Å². The van der Waals surface area contributed by atoms with Crippen LogP contribution in [0, 0.1) is 23.7 Å². The molecule has 1 heterocycles. The predicted molar refractivity (Wildman–Crippen MR) is 100 cm³/mol. The monoisotopic (exact) mass is 344 g/mol. The molecular formula is C22H20N2O2. The van der Waals surface area contributed by atoms with Crippen molar-refractivity contribution in [1.82, 2.24) is 0 Å². The lowest BCUT2D eigenvalue weighted by molar-refractivity contribution is -0.123. The summed E-state index contributed by atoms with van der Waals surface area (Å²) in [5.41, 5.74) is 9.48. The highest BCUT2D eigenvalue weighted by molar-refractivity contribution is 6.22. The minimum absolute atomic E-state index is 0.0249. The number of nitrogen functional groups attached to an aromatic ring is 1. The Kier molecular flexibility index (Phi) is 3.29. The smallest absolute Gasteiger partial charge is 0.238 e. The van der Waals surface area contributed by atoms with E-state index in [9.17, 15) is 9.59 Å². The molecule has 5 rings (SSSR count). The van der Waals surface area contributed by atoms with E-state index in [1.165, 1.54) is 10.5 Å². The van der Waals surface area contributed by atoms with Gasteiger partial charge in [0.1, 0.15) is 0 Å². The van der Waals surface area contributed by atoms with Gasteiger partial charge in [-0.1, -0.05) is 36.4 Å². The third-order valence-corrected chi connectivity index (χ3v) is 6.05. The quantitative estimate of drug-likeness (QED) is 0.528. The van der Waals surface area contributed by atoms with Crippen LogP contribution in [0.15, 0.2) is 60.7 Å². The van der Waals surface area contributed by atoms with Gasteiger partial charge >= 0.3 is 0 Å². The summed E-state index contributed by atoms with van der Waals surface area (Å²) in [5.74, 6) is 0.151. The van der Waals surface area contributed by atoms with Crippen LogP contribution in [0.25, 0.3) is 0 Å². The molecule has 0 aromatic heterocycles. The Morgan fingerprint density at radius 2 is 1.31 bits per heavy atom. The van der Waals surface area contributed by atoms with Gasteiger partial charge in [0.05, 0.1) is 17.5 Å². The minimum Gasteiger partial charge on any atom is -0.399 e. The van der Waals surface area contributed by atoms with E-state index in [-0.39, 0.29) is 35.5 Å². The molecule has 2 fully saturated rings. The molecule has 4 atom stereocenters. The lowest BCUT2D eigenvalue weighted by Gasteiger charge is -2.17. The molecule has 1 saturated heterocycles. The Labute approximate surface area is 152 Å². The van der Waals surface area contributed by atoms with Gasteiger partial charge in [0.15, 0.2) is 0 Å². The number of fused-ring (bicyclic) bond motifs is 5. The molecule has 26 heavy (non-hydrogen) atoms. The van der Waals surface area contributed by atoms with Gasteiger partial charge in [-0.2, -0.15) is 0 Å². The molecule has 2 aromatic carbocycles. The molecule has 130 valence electrons. The van der Waals surface area contributed by atoms with E-state index in [4.69, 9.17) is 5.73 Å². The fourth-order valence-electron chi connectivity index (χ4n) is 4.79. The lowest BCUT2D eigenvalue weighted by Crippen LogP contribution is -2.32. The van der Waals surface area contributed by atoms with Crippen molar-refractivity contribution in [3.8, 4) is 0 Å². The van der Waals surface area contributed by atoms with E-state index in [1.54, 1.807) is 0 Å². The first kappa shape index (κ1) is 15.4. The highest BCUT2D eigenvalue weighted by Crippen LogP contribution is 2.53. The van der Waals surface area contributed by atoms with Crippen LogP contribution in [0.3, 0.4) is 0 Å². The minimum atomic E-state index is -0.146. The van der Waals surface area contributed by atoms with Crippen LogP contribution in [-0.4, -0.2) is 11.8 Å². The Morgan fingerprint density at radius 1 is 0.808 bits per heavy atom. The highest BCUT2D eigenvalue weighted by atomic mass is 16.2. The Morgan fingerprint density at radius 3 is 1.85 bits per heavy atom. The zero-order valence-corrected chi connectivity index (χ0v) is 14.3. The van der Waals surface area contributed by atoms with Gasteiger partial charge in [-0.3, -0.25) is 14.5 Å². The first-order valence-corrected chi connectivity index (χ1v) is 9.11. The zero-order valence-electron chi connectivity index (χ0n) is 14.3. The third kappa shape index (κ3) is 2.22. The average molecular weight is 344 g/mol. The fourth-order valence-corrected chi connectivity index (χ4v) is 4.79. The number of hydrogen-bond acceptors (Lipinski definition) is 3. The van der Waals surface area contributed by atoms with Crippen molar-refractivity contribution in [1.29, 1.82) is 0 Å². The summed E-state index contributed by atoms with van der Waals surface area (Å²) in [6.45, 7) is 0. The Balaban J connectivity index is 1.37. The molecule has 4 heteroatoms. The average Bonchev–Trinajstić information content (AvgIpc) is 3.32. The van der Waals surface area contributed by atoms with Gasteiger partial charge in [0, 0.05) is 5.69 Å². The maximum atomic E-state index is 12.9. The number of carbonyl (C=O) groups is 2. The molecule has 1 aliphatic heterocycles. The summed E-state index contributed by atoms with van der Waals surface area (Å²) in [5, 5.41) is 0. The molecule has 4 nitrogen and oxygen atoms in total. The van der Waals surface area contributed by atoms with Crippen molar-refractivity contribution in [2.24, 2.45) is 23.7 Å². The Hall–Kier alpha value is -2.88. The van der Waals surface area contributed by atoms with Crippen molar-refractivity contribution < 1.29 is 9.59 Å². The van der Waals surface area contributed by atoms with Crippen molar-refractivity contribution >= 4 is 23.2 Å². The molecule has 0 unspecified atom stereocenters. The largest absolute Gasteiger partial charge is 0.399 e. The van der Waals surface area contributed by atoms with Crippen LogP contribution in [0.2, 0.25) is 0 Å². The van der Waals surface area contributed by atoms with Crippen LogP contribution in [0.4, 0.5) is 11.4 Å². The van der Waals surface area contributed by atoms with Gasteiger partial charge in [0.25, 0.3) is 0 Å². The molecule has 3 aliphatic rings. The second kappa shape index (κ2) is 5.56. The van der Waals surface area contributed by atoms with Crippen LogP contribution in [0.5, 0.6) is 0 Å². The number of allylic oxidation sites excluding steroid dienone is 2. The van der Waals surface area contributed by atoms with Crippen molar-refractivity contribution in [2.75, 3.05) is 10.6 Å². The molecule has 0 spiro atoms. The first-order chi connectivity index (χ1) is 12.6. The second-order valence-corrected chi connectivity index (χ2v) is 7.60. The highest BCUT2D eigenvalue weighted by Gasteiger charge is 2.59. The van der Waals surface area contributed by atoms with Crippen molar-refractivity contribution in [2.45, 2.75) is 12.8 Å². The summed E-state index contributed by atoms with van der Waals surface area (Å²) in [6, 6.07) is 15.6. The van der Waals surface area contributed by atoms with Crippen LogP contribution >= 0.6 is 0 Å². The normalized spacial score (nSPS) is 28.8. The SMILES string of the molecule is Nc1ccc(Cc2ccc(N3C(=O)[C@@H]4[C@H](C3=O)[C@@H]3C=C[C@H]4C3)cc2)cc1. The summed E-state index contributed by atoms with van der Waals surface area (Å²) in [4.78, 5) is 27.1. The van der Waals surface area contributed by atoms with Crippen molar-refractivity contribution in [3.05, 3.63) is 71.8 Å². The van der Waals surface area contributed by atoms with Crippen LogP contribution in [0.1, 0.15) is 17.5 Å². The number of anilines is 2. The van der Waals surface area contributed by atoms with Gasteiger partial charge in [-0.05, 0) is 60.1 Å². The van der Waals surface area contributed by atoms with E-state index < -0.39 is 0 Å². The van der Waals surface area contributed by atoms with E-state index in [0.29, 0.717) is 5.69 Å². The van der Waals surface area contributed by atoms with Crippen LogP contribution in [-0.2, 0) is 16.0 Å². The molecule has 2 N–H and O–H groups in total. The lowest BCUT2D eigenvalue weighted by atomic mass is 9.85. The van der Waals surface area contributed by atoms with E-state index >= 15 is 0 Å². The summed E-state index contributed by atoms with van der Waals surface area (Å²) in [7, 11) is 0. The number of imide groups is 1. The molecule has 2 amide bonds. The molecule has 2 aliphatic carbocycles. The topological polar surface area (TPSA) is 63.4 Å². The molecule has 2 bridgehead atoms.